The van der Waals surface area contributed by atoms with Crippen molar-refractivity contribution in [3.63, 3.8) is 0 Å². The van der Waals surface area contributed by atoms with Crippen molar-refractivity contribution in [1.29, 1.82) is 0 Å². The van der Waals surface area contributed by atoms with Crippen molar-refractivity contribution in [3.8, 4) is 0 Å². The van der Waals surface area contributed by atoms with E-state index in [1.807, 2.05) is 0 Å². The van der Waals surface area contributed by atoms with Crippen LogP contribution in [-0.4, -0.2) is 15.3 Å². The molecule has 0 bridgehead atoms. The van der Waals surface area contributed by atoms with Gasteiger partial charge in [0.1, 0.15) is 5.65 Å². The average Bonchev–Trinajstić information content (AvgIpc) is 2.84. The molecule has 112 valence electrons. The van der Waals surface area contributed by atoms with Gasteiger partial charge in [-0.1, -0.05) is 40.9 Å². The third-order valence-electron chi connectivity index (χ3n) is 3.03. The first-order valence-electron chi connectivity index (χ1n) is 6.40. The molecule has 0 atom stereocenters. The van der Waals surface area contributed by atoms with E-state index in [9.17, 15) is 4.79 Å². The molecule has 4 nitrogen and oxygen atoms in total. The minimum atomic E-state index is -0.246. The molecule has 3 aromatic rings. The van der Waals surface area contributed by atoms with Crippen LogP contribution in [0.3, 0.4) is 0 Å². The molecule has 2 heterocycles. The van der Waals surface area contributed by atoms with Crippen LogP contribution < -0.4 is 5.32 Å². The summed E-state index contributed by atoms with van der Waals surface area (Å²) in [7, 11) is 0. The Balaban J connectivity index is 1.78. The number of benzene rings is 1. The minimum absolute atomic E-state index is 0.112. The zero-order valence-electron chi connectivity index (χ0n) is 11.2. The molecule has 0 unspecified atom stereocenters. The van der Waals surface area contributed by atoms with E-state index in [2.05, 4.69) is 10.3 Å². The smallest absolute Gasteiger partial charge is 0.230 e. The van der Waals surface area contributed by atoms with Crippen LogP contribution in [0.4, 0.5) is 5.69 Å². The number of hydrogen-bond donors (Lipinski definition) is 1. The Kier molecular flexibility index (Phi) is 4.25. The predicted octanol–water partition coefficient (Wildman–Crippen LogP) is 4.48. The summed E-state index contributed by atoms with van der Waals surface area (Å²) in [6, 6.07) is 8.57. The van der Waals surface area contributed by atoms with Gasteiger partial charge in [0, 0.05) is 12.4 Å². The summed E-state index contributed by atoms with van der Waals surface area (Å²) in [5.41, 5.74) is 1.76. The van der Waals surface area contributed by atoms with E-state index >= 15 is 0 Å². The van der Waals surface area contributed by atoms with E-state index in [0.29, 0.717) is 26.4 Å². The fourth-order valence-corrected chi connectivity index (χ4v) is 2.73. The zero-order chi connectivity index (χ0) is 15.7. The Labute approximate surface area is 141 Å². The summed E-state index contributed by atoms with van der Waals surface area (Å²) in [4.78, 5) is 16.5. The first-order valence-corrected chi connectivity index (χ1v) is 7.53. The van der Waals surface area contributed by atoms with E-state index in [1.165, 1.54) is 0 Å². The van der Waals surface area contributed by atoms with Crippen molar-refractivity contribution in [3.05, 3.63) is 63.5 Å². The summed E-state index contributed by atoms with van der Waals surface area (Å²) in [5.74, 6) is -0.246. The molecule has 0 aliphatic heterocycles. The Morgan fingerprint density at radius 3 is 2.55 bits per heavy atom. The number of nitrogens with one attached hydrogen (secondary N) is 1. The molecule has 0 fully saturated rings. The highest BCUT2D eigenvalue weighted by atomic mass is 35.5. The van der Waals surface area contributed by atoms with Crippen LogP contribution in [0, 0.1) is 0 Å². The largest absolute Gasteiger partial charge is 0.323 e. The molecule has 0 saturated heterocycles. The molecule has 7 heteroatoms. The van der Waals surface area contributed by atoms with Crippen LogP contribution in [0.25, 0.3) is 5.65 Å². The maximum Gasteiger partial charge on any atom is 0.230 e. The molecule has 1 N–H and O–H groups in total. The van der Waals surface area contributed by atoms with Crippen molar-refractivity contribution in [2.75, 3.05) is 5.32 Å². The van der Waals surface area contributed by atoms with Crippen molar-refractivity contribution in [2.24, 2.45) is 0 Å². The fraction of sp³-hybridized carbons (Fsp3) is 0.0667. The number of carbonyl (C=O) groups is 1. The quantitative estimate of drug-likeness (QED) is 0.754. The number of nitrogens with zero attached hydrogens (tertiary/aromatic N) is 2. The first kappa shape index (κ1) is 15.2. The number of amides is 1. The van der Waals surface area contributed by atoms with Crippen molar-refractivity contribution >= 4 is 52.0 Å². The van der Waals surface area contributed by atoms with E-state index in [0.717, 1.165) is 5.65 Å². The lowest BCUT2D eigenvalue weighted by atomic mass is 10.2. The lowest BCUT2D eigenvalue weighted by molar-refractivity contribution is -0.115. The van der Waals surface area contributed by atoms with Crippen LogP contribution in [0.15, 0.2) is 42.7 Å². The normalized spacial score (nSPS) is 10.9. The van der Waals surface area contributed by atoms with Gasteiger partial charge in [0.15, 0.2) is 0 Å². The number of imidazole rings is 1. The zero-order valence-corrected chi connectivity index (χ0v) is 13.5. The van der Waals surface area contributed by atoms with Gasteiger partial charge in [0.05, 0.1) is 32.9 Å². The van der Waals surface area contributed by atoms with Crippen molar-refractivity contribution in [2.45, 2.75) is 6.42 Å². The van der Waals surface area contributed by atoms with Crippen molar-refractivity contribution in [1.82, 2.24) is 9.38 Å². The van der Waals surface area contributed by atoms with E-state index < -0.39 is 0 Å². The van der Waals surface area contributed by atoms with Gasteiger partial charge in [-0.15, -0.1) is 0 Å². The summed E-state index contributed by atoms with van der Waals surface area (Å²) < 4.78 is 1.77. The third kappa shape index (κ3) is 3.19. The molecule has 0 aliphatic rings. The molecule has 0 radical (unpaired) electrons. The molecule has 1 aromatic carbocycles. The Hall–Kier alpha value is -1.75. The Morgan fingerprint density at radius 2 is 1.82 bits per heavy atom. The minimum Gasteiger partial charge on any atom is -0.323 e. The highest BCUT2D eigenvalue weighted by Crippen LogP contribution is 2.29. The maximum absolute atomic E-state index is 12.1. The van der Waals surface area contributed by atoms with Crippen LogP contribution in [0.1, 0.15) is 5.69 Å². The number of anilines is 1. The summed E-state index contributed by atoms with van der Waals surface area (Å²) in [5, 5.41) is 4.09. The van der Waals surface area contributed by atoms with Crippen LogP contribution >= 0.6 is 34.8 Å². The molecule has 1 amide bonds. The lowest BCUT2D eigenvalue weighted by Gasteiger charge is -2.08. The molecular weight excluding hydrogens is 345 g/mol. The molecule has 22 heavy (non-hydrogen) atoms. The number of carbonyl (C=O) groups excluding carboxylic acids is 1. The molecule has 0 spiro atoms. The highest BCUT2D eigenvalue weighted by molar-refractivity contribution is 6.39. The second kappa shape index (κ2) is 6.16. The summed E-state index contributed by atoms with van der Waals surface area (Å²) >= 11 is 18.0. The summed E-state index contributed by atoms with van der Waals surface area (Å²) in [6.45, 7) is 0. The molecule has 0 aliphatic carbocycles. The Bertz CT molecular complexity index is 840. The molecule has 0 saturated carbocycles. The third-order valence-corrected chi connectivity index (χ3v) is 3.89. The average molecular weight is 355 g/mol. The van der Waals surface area contributed by atoms with Crippen LogP contribution in [0.2, 0.25) is 15.1 Å². The fourth-order valence-electron chi connectivity index (χ4n) is 2.07. The topological polar surface area (TPSA) is 46.4 Å². The first-order chi connectivity index (χ1) is 10.5. The van der Waals surface area contributed by atoms with Crippen LogP contribution in [-0.2, 0) is 11.2 Å². The van der Waals surface area contributed by atoms with Gasteiger partial charge in [-0.3, -0.25) is 4.79 Å². The van der Waals surface area contributed by atoms with E-state index in [4.69, 9.17) is 34.8 Å². The van der Waals surface area contributed by atoms with Crippen molar-refractivity contribution < 1.29 is 4.79 Å². The molecular formula is C15H10Cl3N3O. The Morgan fingerprint density at radius 1 is 1.09 bits per heavy atom. The molecule has 2 aromatic heterocycles. The van der Waals surface area contributed by atoms with Gasteiger partial charge in [-0.2, -0.15) is 0 Å². The number of para-hydroxylation sites is 1. The van der Waals surface area contributed by atoms with Gasteiger partial charge in [-0.05, 0) is 24.3 Å². The standard InChI is InChI=1S/C15H10Cl3N3O/c16-9-4-5-13-19-10(8-21(13)7-9)6-14(22)20-15-11(17)2-1-3-12(15)18/h1-5,7-8H,6H2,(H,20,22). The number of aromatic nitrogens is 2. The number of halogens is 3. The SMILES string of the molecule is O=C(Cc1cn2cc(Cl)ccc2n1)Nc1c(Cl)cccc1Cl. The summed E-state index contributed by atoms with van der Waals surface area (Å²) in [6.07, 6.45) is 3.60. The number of fused-ring (bicyclic) bond motifs is 1. The maximum atomic E-state index is 12.1. The number of rotatable bonds is 3. The predicted molar refractivity (Wildman–Crippen MR) is 89.0 cm³/mol. The van der Waals surface area contributed by atoms with Gasteiger partial charge >= 0.3 is 0 Å². The monoisotopic (exact) mass is 353 g/mol. The molecule has 3 rings (SSSR count). The lowest BCUT2D eigenvalue weighted by Crippen LogP contribution is -2.15. The van der Waals surface area contributed by atoms with Gasteiger partial charge in [0.25, 0.3) is 0 Å². The van der Waals surface area contributed by atoms with E-state index in [-0.39, 0.29) is 12.3 Å². The second-order valence-corrected chi connectivity index (χ2v) is 5.92. The van der Waals surface area contributed by atoms with Gasteiger partial charge in [0.2, 0.25) is 5.91 Å². The van der Waals surface area contributed by atoms with Gasteiger partial charge < -0.3 is 9.72 Å². The number of pyridine rings is 1. The van der Waals surface area contributed by atoms with Crippen LogP contribution in [0.5, 0.6) is 0 Å². The van der Waals surface area contributed by atoms with Gasteiger partial charge in [-0.25, -0.2) is 4.98 Å². The second-order valence-electron chi connectivity index (χ2n) is 4.67. The number of hydrogen-bond acceptors (Lipinski definition) is 2. The highest BCUT2D eigenvalue weighted by Gasteiger charge is 2.12. The van der Waals surface area contributed by atoms with E-state index in [1.54, 1.807) is 47.1 Å².